The molecule has 0 aliphatic carbocycles. The van der Waals surface area contributed by atoms with Gasteiger partial charge in [0.1, 0.15) is 5.82 Å². The lowest BCUT2D eigenvalue weighted by molar-refractivity contribution is -0.121. The summed E-state index contributed by atoms with van der Waals surface area (Å²) < 4.78 is 19.1. The molecule has 2 rings (SSSR count). The van der Waals surface area contributed by atoms with Crippen LogP contribution in [0.25, 0.3) is 11.3 Å². The molecule has 0 spiro atoms. The molecule has 0 bridgehead atoms. The maximum atomic E-state index is 13.7. The van der Waals surface area contributed by atoms with Crippen LogP contribution in [0.1, 0.15) is 26.2 Å². The SMILES string of the molecule is CC(C)C(O)CNC(=O)CCc1ncc(-c2ccccc2F)o1. The minimum absolute atomic E-state index is 0.0883. The zero-order chi connectivity index (χ0) is 16.8. The van der Waals surface area contributed by atoms with Crippen molar-refractivity contribution in [1.29, 1.82) is 0 Å². The van der Waals surface area contributed by atoms with Gasteiger partial charge in [0.05, 0.1) is 17.9 Å². The van der Waals surface area contributed by atoms with Crippen molar-refractivity contribution in [3.63, 3.8) is 0 Å². The van der Waals surface area contributed by atoms with Crippen LogP contribution in [0.5, 0.6) is 0 Å². The number of halogens is 1. The zero-order valence-electron chi connectivity index (χ0n) is 13.3. The molecule has 2 N–H and O–H groups in total. The molecule has 2 aromatic rings. The number of nitrogens with one attached hydrogen (secondary N) is 1. The molecule has 6 heteroatoms. The summed E-state index contributed by atoms with van der Waals surface area (Å²) >= 11 is 0. The Bertz CT molecular complexity index is 655. The molecule has 1 atom stereocenters. The molecule has 5 nitrogen and oxygen atoms in total. The van der Waals surface area contributed by atoms with E-state index in [-0.39, 0.29) is 30.6 Å². The molecule has 0 saturated heterocycles. The molecule has 0 aliphatic rings. The average molecular weight is 320 g/mol. The fraction of sp³-hybridized carbons (Fsp3) is 0.412. The van der Waals surface area contributed by atoms with Crippen LogP contribution < -0.4 is 5.32 Å². The van der Waals surface area contributed by atoms with E-state index in [9.17, 15) is 14.3 Å². The van der Waals surface area contributed by atoms with Crippen molar-refractivity contribution in [3.8, 4) is 11.3 Å². The van der Waals surface area contributed by atoms with E-state index in [4.69, 9.17) is 4.42 Å². The number of oxazole rings is 1. The summed E-state index contributed by atoms with van der Waals surface area (Å²) in [7, 11) is 0. The largest absolute Gasteiger partial charge is 0.441 e. The number of carbonyl (C=O) groups excluding carboxylic acids is 1. The van der Waals surface area contributed by atoms with Gasteiger partial charge in [-0.1, -0.05) is 26.0 Å². The van der Waals surface area contributed by atoms with Crippen molar-refractivity contribution < 1.29 is 18.7 Å². The number of hydrogen-bond acceptors (Lipinski definition) is 4. The van der Waals surface area contributed by atoms with Gasteiger partial charge in [0.2, 0.25) is 5.91 Å². The molecular weight excluding hydrogens is 299 g/mol. The molecule has 1 aromatic carbocycles. The van der Waals surface area contributed by atoms with Crippen molar-refractivity contribution in [1.82, 2.24) is 10.3 Å². The molecule has 1 heterocycles. The van der Waals surface area contributed by atoms with E-state index >= 15 is 0 Å². The van der Waals surface area contributed by atoms with E-state index in [1.807, 2.05) is 13.8 Å². The van der Waals surface area contributed by atoms with Crippen molar-refractivity contribution in [2.45, 2.75) is 32.8 Å². The quantitative estimate of drug-likeness (QED) is 0.822. The molecule has 124 valence electrons. The first-order chi connectivity index (χ1) is 11.0. The van der Waals surface area contributed by atoms with Gasteiger partial charge in [-0.15, -0.1) is 0 Å². The van der Waals surface area contributed by atoms with Gasteiger partial charge in [-0.2, -0.15) is 0 Å². The monoisotopic (exact) mass is 320 g/mol. The Morgan fingerprint density at radius 3 is 2.83 bits per heavy atom. The van der Waals surface area contributed by atoms with Crippen molar-refractivity contribution in [2.24, 2.45) is 5.92 Å². The third-order valence-electron chi connectivity index (χ3n) is 3.54. The Kier molecular flexibility index (Phi) is 5.87. The number of aryl methyl sites for hydroxylation is 1. The lowest BCUT2D eigenvalue weighted by Gasteiger charge is -2.14. The Balaban J connectivity index is 1.86. The van der Waals surface area contributed by atoms with Crippen LogP contribution in [-0.2, 0) is 11.2 Å². The zero-order valence-corrected chi connectivity index (χ0v) is 13.3. The second kappa shape index (κ2) is 7.87. The Morgan fingerprint density at radius 1 is 1.39 bits per heavy atom. The third-order valence-corrected chi connectivity index (χ3v) is 3.54. The Labute approximate surface area is 134 Å². The third kappa shape index (κ3) is 4.89. The summed E-state index contributed by atoms with van der Waals surface area (Å²) in [4.78, 5) is 15.8. The molecule has 0 fully saturated rings. The number of hydrogen-bond donors (Lipinski definition) is 2. The second-order valence-corrected chi connectivity index (χ2v) is 5.71. The summed E-state index contributed by atoms with van der Waals surface area (Å²) in [5.41, 5.74) is 0.343. The minimum Gasteiger partial charge on any atom is -0.441 e. The first kappa shape index (κ1) is 17.1. The van der Waals surface area contributed by atoms with E-state index in [1.54, 1.807) is 18.2 Å². The van der Waals surface area contributed by atoms with Gasteiger partial charge < -0.3 is 14.8 Å². The Hall–Kier alpha value is -2.21. The molecule has 1 aromatic heterocycles. The number of rotatable bonds is 7. The van der Waals surface area contributed by atoms with E-state index in [0.29, 0.717) is 23.6 Å². The van der Waals surface area contributed by atoms with Crippen LogP contribution in [0.3, 0.4) is 0 Å². The van der Waals surface area contributed by atoms with Gasteiger partial charge in [0.25, 0.3) is 0 Å². The van der Waals surface area contributed by atoms with Crippen LogP contribution in [0, 0.1) is 11.7 Å². The molecule has 0 aliphatic heterocycles. The van der Waals surface area contributed by atoms with Gasteiger partial charge in [-0.05, 0) is 18.1 Å². The van der Waals surface area contributed by atoms with Gasteiger partial charge in [-0.3, -0.25) is 4.79 Å². The van der Waals surface area contributed by atoms with Crippen LogP contribution in [0.2, 0.25) is 0 Å². The lowest BCUT2D eigenvalue weighted by Crippen LogP contribution is -2.34. The van der Waals surface area contributed by atoms with E-state index in [1.165, 1.54) is 12.3 Å². The van der Waals surface area contributed by atoms with Crippen molar-refractivity contribution in [2.75, 3.05) is 6.54 Å². The summed E-state index contributed by atoms with van der Waals surface area (Å²) in [6.45, 7) is 3.99. The summed E-state index contributed by atoms with van der Waals surface area (Å²) in [6, 6.07) is 6.28. The average Bonchev–Trinajstić information content (AvgIpc) is 2.99. The first-order valence-corrected chi connectivity index (χ1v) is 7.61. The van der Waals surface area contributed by atoms with Crippen LogP contribution in [0.4, 0.5) is 4.39 Å². The number of carbonyl (C=O) groups is 1. The minimum atomic E-state index is -0.562. The maximum Gasteiger partial charge on any atom is 0.220 e. The lowest BCUT2D eigenvalue weighted by atomic mass is 10.1. The first-order valence-electron chi connectivity index (χ1n) is 7.61. The molecule has 23 heavy (non-hydrogen) atoms. The van der Waals surface area contributed by atoms with Crippen molar-refractivity contribution in [3.05, 3.63) is 42.2 Å². The summed E-state index contributed by atoms with van der Waals surface area (Å²) in [6.07, 6.45) is 1.40. The van der Waals surface area contributed by atoms with E-state index < -0.39 is 6.10 Å². The maximum absolute atomic E-state index is 13.7. The van der Waals surface area contributed by atoms with Crippen LogP contribution in [0.15, 0.2) is 34.9 Å². The van der Waals surface area contributed by atoms with Gasteiger partial charge in [-0.25, -0.2) is 9.37 Å². The normalized spacial score (nSPS) is 12.4. The Morgan fingerprint density at radius 2 is 2.13 bits per heavy atom. The molecule has 0 saturated carbocycles. The van der Waals surface area contributed by atoms with Gasteiger partial charge >= 0.3 is 0 Å². The molecule has 1 unspecified atom stereocenters. The summed E-state index contributed by atoms with van der Waals surface area (Å²) in [5.74, 6) is 0.243. The molecular formula is C17H21FN2O3. The van der Waals surface area contributed by atoms with Gasteiger partial charge in [0, 0.05) is 19.4 Å². The van der Waals surface area contributed by atoms with E-state index in [2.05, 4.69) is 10.3 Å². The molecule has 0 radical (unpaired) electrons. The smallest absolute Gasteiger partial charge is 0.220 e. The number of aromatic nitrogens is 1. The predicted molar refractivity (Wildman–Crippen MR) is 84.1 cm³/mol. The predicted octanol–water partition coefficient (Wildman–Crippen LogP) is 2.55. The highest BCUT2D eigenvalue weighted by Gasteiger charge is 2.13. The standard InChI is InChI=1S/C17H21FN2O3/c1-11(2)14(21)9-19-16(22)7-8-17-20-10-15(23-17)12-5-3-4-6-13(12)18/h3-6,10-11,14,21H,7-9H2,1-2H3,(H,19,22). The number of aliphatic hydroxyl groups is 1. The highest BCUT2D eigenvalue weighted by Crippen LogP contribution is 2.23. The van der Waals surface area contributed by atoms with Crippen LogP contribution >= 0.6 is 0 Å². The topological polar surface area (TPSA) is 75.4 Å². The van der Waals surface area contributed by atoms with Crippen LogP contribution in [-0.4, -0.2) is 28.6 Å². The molecule has 1 amide bonds. The highest BCUT2D eigenvalue weighted by molar-refractivity contribution is 5.76. The van der Waals surface area contributed by atoms with E-state index in [0.717, 1.165) is 0 Å². The number of aliphatic hydroxyl groups excluding tert-OH is 1. The second-order valence-electron chi connectivity index (χ2n) is 5.71. The highest BCUT2D eigenvalue weighted by atomic mass is 19.1. The number of nitrogens with zero attached hydrogens (tertiary/aromatic N) is 1. The fourth-order valence-corrected chi connectivity index (χ4v) is 1.97. The fourth-order valence-electron chi connectivity index (χ4n) is 1.97. The summed E-state index contributed by atoms with van der Waals surface area (Å²) in [5, 5.41) is 12.3. The van der Waals surface area contributed by atoms with Crippen molar-refractivity contribution >= 4 is 5.91 Å². The van der Waals surface area contributed by atoms with Gasteiger partial charge in [0.15, 0.2) is 11.7 Å². The number of amides is 1. The number of benzene rings is 1.